The highest BCUT2D eigenvalue weighted by atomic mass is 35.5. The van der Waals surface area contributed by atoms with Gasteiger partial charge >= 0.3 is 5.97 Å². The highest BCUT2D eigenvalue weighted by Gasteiger charge is 2.23. The van der Waals surface area contributed by atoms with Crippen molar-refractivity contribution in [1.82, 2.24) is 9.78 Å². The van der Waals surface area contributed by atoms with Crippen LogP contribution in [-0.2, 0) is 11.3 Å². The van der Waals surface area contributed by atoms with E-state index in [9.17, 15) is 9.90 Å². The smallest absolute Gasteiger partial charge is 0.340 e. The molecule has 0 fully saturated rings. The average molecular weight is 336 g/mol. The second-order valence-corrected chi connectivity index (χ2v) is 5.06. The molecule has 0 saturated heterocycles. The van der Waals surface area contributed by atoms with E-state index in [4.69, 9.17) is 39.5 Å². The summed E-state index contributed by atoms with van der Waals surface area (Å²) in [4.78, 5) is 11.3. The van der Waals surface area contributed by atoms with Crippen molar-refractivity contribution >= 4 is 40.8 Å². The quantitative estimate of drug-likeness (QED) is 0.925. The van der Waals surface area contributed by atoms with Crippen LogP contribution in [0.1, 0.15) is 16.1 Å². The first-order valence-corrected chi connectivity index (χ1v) is 6.54. The van der Waals surface area contributed by atoms with Crippen LogP contribution in [0.2, 0.25) is 15.2 Å². The lowest BCUT2D eigenvalue weighted by Gasteiger charge is -2.05. The van der Waals surface area contributed by atoms with Crippen molar-refractivity contribution in [1.29, 1.82) is 0 Å². The topological polar surface area (TPSA) is 64.4 Å². The Labute approximate surface area is 129 Å². The molecule has 0 saturated carbocycles. The van der Waals surface area contributed by atoms with Gasteiger partial charge in [0.15, 0.2) is 0 Å². The number of carboxylic acids is 1. The normalized spacial score (nSPS) is 10.8. The predicted molar refractivity (Wildman–Crippen MR) is 76.3 cm³/mol. The second-order valence-electron chi connectivity index (χ2n) is 3.86. The molecular formula is C12H9Cl3N2O3. The van der Waals surface area contributed by atoms with Gasteiger partial charge in [-0.15, -0.1) is 0 Å². The molecule has 1 aromatic heterocycles. The van der Waals surface area contributed by atoms with Gasteiger partial charge in [-0.1, -0.05) is 34.8 Å². The molecule has 1 heterocycles. The van der Waals surface area contributed by atoms with Gasteiger partial charge < -0.3 is 9.84 Å². The van der Waals surface area contributed by atoms with Crippen LogP contribution in [0.25, 0.3) is 5.69 Å². The van der Waals surface area contributed by atoms with Crippen LogP contribution in [0.5, 0.6) is 0 Å². The van der Waals surface area contributed by atoms with Gasteiger partial charge in [0, 0.05) is 12.1 Å². The van der Waals surface area contributed by atoms with Crippen LogP contribution < -0.4 is 0 Å². The lowest BCUT2D eigenvalue weighted by molar-refractivity contribution is 0.0692. The zero-order valence-corrected chi connectivity index (χ0v) is 12.5. The van der Waals surface area contributed by atoms with E-state index < -0.39 is 5.97 Å². The Morgan fingerprint density at radius 3 is 2.65 bits per heavy atom. The maximum absolute atomic E-state index is 11.3. The lowest BCUT2D eigenvalue weighted by atomic mass is 10.2. The largest absolute Gasteiger partial charge is 0.478 e. The van der Waals surface area contributed by atoms with Crippen molar-refractivity contribution in [3.8, 4) is 5.69 Å². The summed E-state index contributed by atoms with van der Waals surface area (Å²) in [5, 5.41) is 14.0. The van der Waals surface area contributed by atoms with Crippen LogP contribution >= 0.6 is 34.8 Å². The lowest BCUT2D eigenvalue weighted by Crippen LogP contribution is -2.01. The van der Waals surface area contributed by atoms with Gasteiger partial charge in [-0.3, -0.25) is 0 Å². The number of ether oxygens (including phenoxy) is 1. The fourth-order valence-corrected chi connectivity index (χ4v) is 2.51. The van der Waals surface area contributed by atoms with Gasteiger partial charge in [0.2, 0.25) is 0 Å². The third kappa shape index (κ3) is 2.76. The van der Waals surface area contributed by atoms with Crippen molar-refractivity contribution < 1.29 is 14.6 Å². The van der Waals surface area contributed by atoms with E-state index in [2.05, 4.69) is 5.10 Å². The molecule has 0 radical (unpaired) electrons. The molecule has 0 unspecified atom stereocenters. The number of methoxy groups -OCH3 is 1. The highest BCUT2D eigenvalue weighted by Crippen LogP contribution is 2.29. The van der Waals surface area contributed by atoms with E-state index in [-0.39, 0.29) is 23.0 Å². The number of aromatic nitrogens is 2. The van der Waals surface area contributed by atoms with E-state index in [0.717, 1.165) is 0 Å². The molecule has 0 bridgehead atoms. The van der Waals surface area contributed by atoms with Crippen molar-refractivity contribution in [3.63, 3.8) is 0 Å². The number of halogens is 3. The summed E-state index contributed by atoms with van der Waals surface area (Å²) in [6, 6.07) is 4.73. The second kappa shape index (κ2) is 6.01. The number of hydrogen-bond acceptors (Lipinski definition) is 3. The number of hydrogen-bond donors (Lipinski definition) is 1. The SMILES string of the molecule is COCc1nn(-c2ccc(Cl)cc2Cl)c(Cl)c1C(=O)O. The first kappa shape index (κ1) is 15.1. The van der Waals surface area contributed by atoms with Crippen LogP contribution in [0.4, 0.5) is 0 Å². The third-order valence-corrected chi connectivity index (χ3v) is 3.42. The molecule has 0 aliphatic rings. The molecule has 106 valence electrons. The van der Waals surface area contributed by atoms with Gasteiger partial charge in [0.25, 0.3) is 0 Å². The molecule has 1 aromatic carbocycles. The van der Waals surface area contributed by atoms with E-state index in [1.54, 1.807) is 12.1 Å². The predicted octanol–water partition coefficient (Wildman–Crippen LogP) is 3.68. The summed E-state index contributed by atoms with van der Waals surface area (Å²) in [6.07, 6.45) is 0. The number of carboxylic acid groups (broad SMARTS) is 1. The first-order chi connectivity index (χ1) is 9.45. The monoisotopic (exact) mass is 334 g/mol. The molecule has 8 heteroatoms. The average Bonchev–Trinajstić information content (AvgIpc) is 2.67. The summed E-state index contributed by atoms with van der Waals surface area (Å²) in [7, 11) is 1.44. The highest BCUT2D eigenvalue weighted by molar-refractivity contribution is 6.36. The number of rotatable bonds is 4. The number of benzene rings is 1. The minimum atomic E-state index is -1.18. The van der Waals surface area contributed by atoms with Gasteiger partial charge in [0.05, 0.1) is 17.3 Å². The minimum Gasteiger partial charge on any atom is -0.478 e. The molecule has 2 rings (SSSR count). The molecule has 5 nitrogen and oxygen atoms in total. The van der Waals surface area contributed by atoms with E-state index in [1.807, 2.05) is 0 Å². The summed E-state index contributed by atoms with van der Waals surface area (Å²) >= 11 is 18.0. The van der Waals surface area contributed by atoms with Gasteiger partial charge in [-0.2, -0.15) is 5.10 Å². The van der Waals surface area contributed by atoms with E-state index in [0.29, 0.717) is 15.7 Å². The third-order valence-electron chi connectivity index (χ3n) is 2.53. The zero-order valence-electron chi connectivity index (χ0n) is 10.2. The van der Waals surface area contributed by atoms with Crippen molar-refractivity contribution in [3.05, 3.63) is 44.7 Å². The maximum Gasteiger partial charge on any atom is 0.340 e. The summed E-state index contributed by atoms with van der Waals surface area (Å²) in [5.41, 5.74) is 0.543. The fraction of sp³-hybridized carbons (Fsp3) is 0.167. The summed E-state index contributed by atoms with van der Waals surface area (Å²) < 4.78 is 6.17. The molecule has 0 aliphatic carbocycles. The molecular weight excluding hydrogens is 327 g/mol. The minimum absolute atomic E-state index is 0.0273. The molecule has 20 heavy (non-hydrogen) atoms. The van der Waals surface area contributed by atoms with Gasteiger partial charge in [-0.25, -0.2) is 9.48 Å². The Morgan fingerprint density at radius 2 is 2.10 bits per heavy atom. The Kier molecular flexibility index (Phi) is 4.55. The van der Waals surface area contributed by atoms with Gasteiger partial charge in [0.1, 0.15) is 16.4 Å². The maximum atomic E-state index is 11.3. The molecule has 0 amide bonds. The number of aromatic carboxylic acids is 1. The van der Waals surface area contributed by atoms with E-state index >= 15 is 0 Å². The molecule has 0 atom stereocenters. The zero-order chi connectivity index (χ0) is 14.9. The molecule has 0 spiro atoms. The first-order valence-electron chi connectivity index (χ1n) is 5.40. The summed E-state index contributed by atoms with van der Waals surface area (Å²) in [5.74, 6) is -1.18. The number of carbonyl (C=O) groups is 1. The Hall–Kier alpha value is -1.27. The van der Waals surface area contributed by atoms with Crippen LogP contribution in [-0.4, -0.2) is 28.0 Å². The molecule has 0 aliphatic heterocycles. The van der Waals surface area contributed by atoms with Crippen LogP contribution in [0, 0.1) is 0 Å². The Bertz CT molecular complexity index is 670. The standard InChI is InChI=1S/C12H9Cl3N2O3/c1-20-5-8-10(12(18)19)11(15)17(16-8)9-3-2-6(13)4-7(9)14/h2-4H,5H2,1H3,(H,18,19). The number of nitrogens with zero attached hydrogens (tertiary/aromatic N) is 2. The molecule has 2 aromatic rings. The Balaban J connectivity index is 2.63. The van der Waals surface area contributed by atoms with Crippen molar-refractivity contribution in [2.24, 2.45) is 0 Å². The summed E-state index contributed by atoms with van der Waals surface area (Å²) in [6.45, 7) is 0.0273. The van der Waals surface area contributed by atoms with Crippen molar-refractivity contribution in [2.75, 3.05) is 7.11 Å². The molecule has 1 N–H and O–H groups in total. The van der Waals surface area contributed by atoms with Crippen LogP contribution in [0.3, 0.4) is 0 Å². The van der Waals surface area contributed by atoms with Crippen LogP contribution in [0.15, 0.2) is 18.2 Å². The Morgan fingerprint density at radius 1 is 1.40 bits per heavy atom. The van der Waals surface area contributed by atoms with E-state index in [1.165, 1.54) is 17.9 Å². The fourth-order valence-electron chi connectivity index (χ4n) is 1.70. The van der Waals surface area contributed by atoms with Crippen molar-refractivity contribution in [2.45, 2.75) is 6.61 Å². The van der Waals surface area contributed by atoms with Gasteiger partial charge in [-0.05, 0) is 18.2 Å².